The largest absolute Gasteiger partial charge is 0.462 e. The maximum Gasteiger partial charge on any atom is 0.347 e. The zero-order chi connectivity index (χ0) is 20.0. The summed E-state index contributed by atoms with van der Waals surface area (Å²) in [4.78, 5) is 30.5. The summed E-state index contributed by atoms with van der Waals surface area (Å²) < 4.78 is 23.5. The molecule has 1 aliphatic heterocycles. The molecule has 0 fully saturated rings. The van der Waals surface area contributed by atoms with Crippen molar-refractivity contribution >= 4 is 46.2 Å². The van der Waals surface area contributed by atoms with Crippen LogP contribution in [0.4, 0.5) is 10.1 Å². The minimum absolute atomic E-state index is 0.0867. The van der Waals surface area contributed by atoms with Crippen LogP contribution in [0.2, 0.25) is 5.02 Å². The van der Waals surface area contributed by atoms with Crippen LogP contribution >= 0.6 is 23.4 Å². The van der Waals surface area contributed by atoms with Crippen molar-refractivity contribution in [1.29, 1.82) is 0 Å². The molecule has 1 aliphatic rings. The Morgan fingerprint density at radius 1 is 1.33 bits per heavy atom. The van der Waals surface area contributed by atoms with Crippen molar-refractivity contribution in [3.05, 3.63) is 40.8 Å². The van der Waals surface area contributed by atoms with Crippen molar-refractivity contribution in [2.24, 2.45) is 4.99 Å². The lowest BCUT2D eigenvalue weighted by atomic mass is 10.2. The molecule has 0 unspecified atom stereocenters. The fraction of sp³-hybridized carbons (Fsp3) is 0.389. The molecule has 0 saturated carbocycles. The number of anilines is 1. The van der Waals surface area contributed by atoms with Gasteiger partial charge >= 0.3 is 11.9 Å². The maximum absolute atomic E-state index is 13.6. The Hall–Kier alpha value is -2.06. The van der Waals surface area contributed by atoms with Gasteiger partial charge in [-0.3, -0.25) is 9.89 Å². The van der Waals surface area contributed by atoms with Gasteiger partial charge in [0.05, 0.1) is 24.8 Å². The molecule has 0 amide bonds. The number of hydrogen-bond acceptors (Lipinski definition) is 7. The van der Waals surface area contributed by atoms with Gasteiger partial charge in [0.2, 0.25) is 0 Å². The van der Waals surface area contributed by atoms with Gasteiger partial charge in [-0.05, 0) is 32.0 Å². The second-order valence-corrected chi connectivity index (χ2v) is 7.32. The highest BCUT2D eigenvalue weighted by atomic mass is 35.5. The lowest BCUT2D eigenvalue weighted by Gasteiger charge is -2.21. The van der Waals surface area contributed by atoms with E-state index in [1.165, 1.54) is 41.1 Å². The van der Waals surface area contributed by atoms with Gasteiger partial charge < -0.3 is 9.47 Å². The van der Waals surface area contributed by atoms with Crippen molar-refractivity contribution in [3.8, 4) is 0 Å². The van der Waals surface area contributed by atoms with Crippen LogP contribution in [0.3, 0.4) is 0 Å². The predicted molar refractivity (Wildman–Crippen MR) is 105 cm³/mol. The summed E-state index contributed by atoms with van der Waals surface area (Å²) in [6, 6.07) is 4.08. The number of rotatable bonds is 6. The number of amidine groups is 1. The monoisotopic (exact) mass is 414 g/mol. The molecule has 0 aliphatic carbocycles. The second kappa shape index (κ2) is 9.75. The molecule has 0 spiro atoms. The van der Waals surface area contributed by atoms with Crippen LogP contribution in [0.15, 0.2) is 35.0 Å². The zero-order valence-electron chi connectivity index (χ0n) is 15.2. The average molecular weight is 415 g/mol. The molecule has 1 aromatic carbocycles. The molecule has 1 atom stereocenters. The fourth-order valence-corrected chi connectivity index (χ4v) is 3.31. The van der Waals surface area contributed by atoms with Crippen LogP contribution < -0.4 is 4.90 Å². The molecule has 0 bridgehead atoms. The summed E-state index contributed by atoms with van der Waals surface area (Å²) in [5.41, 5.74) is 0.162. The molecule has 2 rings (SSSR count). The molecule has 27 heavy (non-hydrogen) atoms. The SMILES string of the molecule is CCOC(=O)C(=CN(C1=NC[C@H](C)S1)c1ccc(F)c(Cl)c1)C(=O)OCC. The lowest BCUT2D eigenvalue weighted by molar-refractivity contribution is -0.146. The number of carbonyl (C=O) groups is 2. The molecule has 0 aromatic heterocycles. The number of esters is 2. The van der Waals surface area contributed by atoms with Crippen LogP contribution in [0.1, 0.15) is 20.8 Å². The number of ether oxygens (including phenoxy) is 2. The normalized spacial score (nSPS) is 15.7. The smallest absolute Gasteiger partial charge is 0.347 e. The Morgan fingerprint density at radius 3 is 2.44 bits per heavy atom. The van der Waals surface area contributed by atoms with Crippen LogP contribution in [0.25, 0.3) is 0 Å². The fourth-order valence-electron chi connectivity index (χ4n) is 2.20. The molecular weight excluding hydrogens is 395 g/mol. The van der Waals surface area contributed by atoms with E-state index < -0.39 is 17.8 Å². The van der Waals surface area contributed by atoms with E-state index in [4.69, 9.17) is 21.1 Å². The molecule has 1 aromatic rings. The number of carbonyl (C=O) groups excluding carboxylic acids is 2. The third-order valence-corrected chi connectivity index (χ3v) is 4.80. The van der Waals surface area contributed by atoms with E-state index in [-0.39, 0.29) is 29.1 Å². The number of aliphatic imine (C=N–C) groups is 1. The van der Waals surface area contributed by atoms with Gasteiger partial charge in [0, 0.05) is 17.1 Å². The molecule has 146 valence electrons. The summed E-state index contributed by atoms with van der Waals surface area (Å²) in [5, 5.41) is 0.688. The summed E-state index contributed by atoms with van der Waals surface area (Å²) in [5.74, 6) is -2.20. The Kier molecular flexibility index (Phi) is 7.67. The third-order valence-electron chi connectivity index (χ3n) is 3.43. The van der Waals surface area contributed by atoms with Crippen molar-refractivity contribution in [2.45, 2.75) is 26.0 Å². The molecule has 0 radical (unpaired) electrons. The van der Waals surface area contributed by atoms with E-state index in [2.05, 4.69) is 4.99 Å². The average Bonchev–Trinajstić information content (AvgIpc) is 3.05. The van der Waals surface area contributed by atoms with Crippen molar-refractivity contribution < 1.29 is 23.5 Å². The first-order valence-electron chi connectivity index (χ1n) is 8.38. The van der Waals surface area contributed by atoms with Gasteiger partial charge in [-0.25, -0.2) is 14.0 Å². The molecule has 6 nitrogen and oxygen atoms in total. The van der Waals surface area contributed by atoms with Gasteiger partial charge in [-0.1, -0.05) is 30.3 Å². The van der Waals surface area contributed by atoms with E-state index in [0.717, 1.165) is 0 Å². The van der Waals surface area contributed by atoms with Crippen LogP contribution in [0, 0.1) is 5.82 Å². The topological polar surface area (TPSA) is 68.2 Å². The minimum atomic E-state index is -0.814. The van der Waals surface area contributed by atoms with Crippen LogP contribution in [-0.4, -0.2) is 42.1 Å². The number of halogens is 2. The predicted octanol–water partition coefficient (Wildman–Crippen LogP) is 3.79. The summed E-state index contributed by atoms with van der Waals surface area (Å²) in [6.07, 6.45) is 1.30. The first kappa shape index (κ1) is 21.2. The maximum atomic E-state index is 13.6. The summed E-state index contributed by atoms with van der Waals surface area (Å²) in [7, 11) is 0. The molecule has 1 heterocycles. The quantitative estimate of drug-likeness (QED) is 0.305. The van der Waals surface area contributed by atoms with E-state index in [1.807, 2.05) is 6.92 Å². The van der Waals surface area contributed by atoms with Crippen LogP contribution in [-0.2, 0) is 19.1 Å². The van der Waals surface area contributed by atoms with Crippen molar-refractivity contribution in [1.82, 2.24) is 0 Å². The van der Waals surface area contributed by atoms with Gasteiger partial charge in [0.1, 0.15) is 5.82 Å². The highest BCUT2D eigenvalue weighted by Crippen LogP contribution is 2.30. The molecule has 9 heteroatoms. The minimum Gasteiger partial charge on any atom is -0.462 e. The third kappa shape index (κ3) is 5.46. The number of nitrogens with zero attached hydrogens (tertiary/aromatic N) is 2. The number of hydrogen-bond donors (Lipinski definition) is 0. The van der Waals surface area contributed by atoms with E-state index in [1.54, 1.807) is 13.8 Å². The first-order valence-corrected chi connectivity index (χ1v) is 9.64. The van der Waals surface area contributed by atoms with Gasteiger partial charge in [-0.15, -0.1) is 0 Å². The van der Waals surface area contributed by atoms with Crippen molar-refractivity contribution in [3.63, 3.8) is 0 Å². The Labute approximate surface area is 166 Å². The van der Waals surface area contributed by atoms with Gasteiger partial charge in [-0.2, -0.15) is 0 Å². The summed E-state index contributed by atoms with van der Waals surface area (Å²) >= 11 is 7.36. The highest BCUT2D eigenvalue weighted by Gasteiger charge is 2.27. The first-order chi connectivity index (χ1) is 12.9. The van der Waals surface area contributed by atoms with Gasteiger partial charge in [0.25, 0.3) is 0 Å². The number of benzene rings is 1. The zero-order valence-corrected chi connectivity index (χ0v) is 16.8. The summed E-state index contributed by atoms with van der Waals surface area (Å²) in [6.45, 7) is 6.05. The van der Waals surface area contributed by atoms with Gasteiger partial charge in [0.15, 0.2) is 10.7 Å². The van der Waals surface area contributed by atoms with E-state index >= 15 is 0 Å². The molecular formula is C18H20ClFN2O4S. The Morgan fingerprint density at radius 2 is 1.96 bits per heavy atom. The number of thioether (sulfide) groups is 1. The molecule has 0 saturated heterocycles. The molecule has 0 N–H and O–H groups in total. The van der Waals surface area contributed by atoms with Crippen LogP contribution in [0.5, 0.6) is 0 Å². The van der Waals surface area contributed by atoms with Crippen molar-refractivity contribution in [2.75, 3.05) is 24.7 Å². The second-order valence-electron chi connectivity index (χ2n) is 5.50. The Bertz CT molecular complexity index is 765. The highest BCUT2D eigenvalue weighted by molar-refractivity contribution is 8.15. The lowest BCUT2D eigenvalue weighted by Crippen LogP contribution is -2.27. The van der Waals surface area contributed by atoms with E-state index in [9.17, 15) is 14.0 Å². The Balaban J connectivity index is 2.52. The van der Waals surface area contributed by atoms with E-state index in [0.29, 0.717) is 17.4 Å². The standard InChI is InChI=1S/C18H20ClFN2O4S/c1-4-25-16(23)13(17(24)26-5-2)10-22(18-21-9-11(3)27-18)12-6-7-15(20)14(19)8-12/h6-8,10-11H,4-5,9H2,1-3H3/t11-/m0/s1.